The molecule has 2 fully saturated rings. The zero-order valence-electron chi connectivity index (χ0n) is 24.6. The monoisotopic (exact) mass is 618 g/mol. The topological polar surface area (TPSA) is 115 Å². The standard InChI is InChI=1S/C33H33F3N6O3/c34-33(35,36)19-41-11-7-22(8-12-41)21-1-3-23(4-2-21)27-16-28-32(40-27)31(39-20-38-28)24-5-6-29(25(15-24)17-37)45-26-9-13-42(14-10-26)30(44)18-43/h1-6,15,20,22,26,43H,7-14,16,18-19H2. The molecule has 234 valence electrons. The van der Waals surface area contributed by atoms with Crippen molar-refractivity contribution in [3.05, 3.63) is 71.2 Å². The Balaban J connectivity index is 1.14. The first kappa shape index (κ1) is 30.7. The van der Waals surface area contributed by atoms with Crippen LogP contribution in [0, 0.1) is 11.3 Å². The molecule has 1 aromatic heterocycles. The van der Waals surface area contributed by atoms with E-state index in [1.54, 1.807) is 17.0 Å². The predicted octanol–water partition coefficient (Wildman–Crippen LogP) is 4.80. The van der Waals surface area contributed by atoms with Crippen LogP contribution in [0.3, 0.4) is 0 Å². The first-order valence-corrected chi connectivity index (χ1v) is 15.1. The molecule has 4 heterocycles. The summed E-state index contributed by atoms with van der Waals surface area (Å²) in [7, 11) is 0. The molecule has 9 nitrogen and oxygen atoms in total. The van der Waals surface area contributed by atoms with Crippen LogP contribution >= 0.6 is 0 Å². The summed E-state index contributed by atoms with van der Waals surface area (Å²) in [5.41, 5.74) is 6.09. The summed E-state index contributed by atoms with van der Waals surface area (Å²) in [6.07, 6.45) is 0.325. The van der Waals surface area contributed by atoms with Crippen molar-refractivity contribution < 1.29 is 27.8 Å². The Morgan fingerprint density at radius 2 is 1.71 bits per heavy atom. The van der Waals surface area contributed by atoms with Gasteiger partial charge in [-0.1, -0.05) is 24.3 Å². The number of aromatic nitrogens is 2. The molecule has 0 unspecified atom stereocenters. The Morgan fingerprint density at radius 1 is 1.00 bits per heavy atom. The van der Waals surface area contributed by atoms with Gasteiger partial charge in [-0.3, -0.25) is 9.69 Å². The maximum Gasteiger partial charge on any atom is 0.401 e. The van der Waals surface area contributed by atoms with Crippen LogP contribution < -0.4 is 4.74 Å². The number of fused-ring (bicyclic) bond motifs is 1. The molecule has 2 aromatic carbocycles. The summed E-state index contributed by atoms with van der Waals surface area (Å²) in [5, 5.41) is 19.0. The van der Waals surface area contributed by atoms with Gasteiger partial charge in [-0.15, -0.1) is 0 Å². The summed E-state index contributed by atoms with van der Waals surface area (Å²) in [6, 6.07) is 15.7. The van der Waals surface area contributed by atoms with Crippen LogP contribution in [-0.4, -0.2) is 88.1 Å². The summed E-state index contributed by atoms with van der Waals surface area (Å²) in [5.74, 6) is 0.403. The van der Waals surface area contributed by atoms with E-state index in [9.17, 15) is 23.2 Å². The van der Waals surface area contributed by atoms with Gasteiger partial charge in [0.15, 0.2) is 0 Å². The highest BCUT2D eigenvalue weighted by molar-refractivity contribution is 6.07. The number of aliphatic hydroxyl groups is 1. The molecule has 0 saturated carbocycles. The fourth-order valence-corrected chi connectivity index (χ4v) is 6.37. The van der Waals surface area contributed by atoms with Gasteiger partial charge in [-0.05, 0) is 61.2 Å². The van der Waals surface area contributed by atoms with E-state index in [0.717, 1.165) is 28.1 Å². The molecule has 0 radical (unpaired) electrons. The van der Waals surface area contributed by atoms with Crippen LogP contribution in [0.1, 0.15) is 54.0 Å². The summed E-state index contributed by atoms with van der Waals surface area (Å²) >= 11 is 0. The number of hydrogen-bond acceptors (Lipinski definition) is 8. The second-order valence-corrected chi connectivity index (χ2v) is 11.7. The second-order valence-electron chi connectivity index (χ2n) is 11.7. The Hall–Kier alpha value is -4.34. The van der Waals surface area contributed by atoms with Gasteiger partial charge >= 0.3 is 6.18 Å². The van der Waals surface area contributed by atoms with Gasteiger partial charge in [-0.25, -0.2) is 15.0 Å². The molecule has 0 spiro atoms. The molecule has 45 heavy (non-hydrogen) atoms. The van der Waals surface area contributed by atoms with Crippen molar-refractivity contribution in [1.29, 1.82) is 5.26 Å². The zero-order chi connectivity index (χ0) is 31.6. The van der Waals surface area contributed by atoms with Gasteiger partial charge in [0, 0.05) is 37.9 Å². The number of amides is 1. The molecule has 12 heteroatoms. The van der Waals surface area contributed by atoms with Gasteiger partial charge in [-0.2, -0.15) is 18.4 Å². The molecule has 1 N–H and O–H groups in total. The number of aliphatic hydroxyl groups excluding tert-OH is 1. The van der Waals surface area contributed by atoms with Crippen LogP contribution in [0.15, 0.2) is 53.8 Å². The van der Waals surface area contributed by atoms with E-state index >= 15 is 0 Å². The van der Waals surface area contributed by atoms with Gasteiger partial charge in [0.25, 0.3) is 0 Å². The molecular formula is C33H33F3N6O3. The second kappa shape index (κ2) is 12.9. The van der Waals surface area contributed by atoms with Gasteiger partial charge in [0.2, 0.25) is 5.91 Å². The minimum atomic E-state index is -4.17. The number of nitriles is 1. The fraction of sp³-hybridized carbons (Fsp3) is 0.424. The van der Waals surface area contributed by atoms with Gasteiger partial charge in [0.1, 0.15) is 36.5 Å². The number of carbonyl (C=O) groups excluding carboxylic acids is 1. The average Bonchev–Trinajstić information content (AvgIpc) is 3.49. The van der Waals surface area contributed by atoms with E-state index in [2.05, 4.69) is 16.0 Å². The molecule has 0 aliphatic carbocycles. The SMILES string of the molecule is N#Cc1cc(-c2ncnc3c2N=C(c2ccc(C4CCN(CC(F)(F)F)CC4)cc2)C3)ccc1OC1CCN(C(=O)CO)CC1. The number of benzene rings is 2. The van der Waals surface area contributed by atoms with E-state index < -0.39 is 19.3 Å². The van der Waals surface area contributed by atoms with Crippen molar-refractivity contribution >= 4 is 17.3 Å². The zero-order valence-corrected chi connectivity index (χ0v) is 24.6. The van der Waals surface area contributed by atoms with Crippen LogP contribution in [0.4, 0.5) is 18.9 Å². The number of piperidine rings is 2. The van der Waals surface area contributed by atoms with Crippen LogP contribution in [0.25, 0.3) is 11.3 Å². The molecule has 6 rings (SSSR count). The summed E-state index contributed by atoms with van der Waals surface area (Å²) < 4.78 is 44.4. The van der Waals surface area contributed by atoms with Crippen LogP contribution in [0.5, 0.6) is 5.75 Å². The number of carbonyl (C=O) groups is 1. The third-order valence-corrected chi connectivity index (χ3v) is 8.78. The number of halogens is 3. The molecule has 3 aliphatic rings. The normalized spacial score (nSPS) is 17.9. The number of alkyl halides is 3. The fourth-order valence-electron chi connectivity index (χ4n) is 6.37. The van der Waals surface area contributed by atoms with Crippen molar-refractivity contribution in [2.24, 2.45) is 4.99 Å². The van der Waals surface area contributed by atoms with Crippen molar-refractivity contribution in [3.8, 4) is 23.1 Å². The molecule has 3 aromatic rings. The minimum Gasteiger partial charge on any atom is -0.489 e. The van der Waals surface area contributed by atoms with Gasteiger partial charge < -0.3 is 14.7 Å². The predicted molar refractivity (Wildman–Crippen MR) is 160 cm³/mol. The van der Waals surface area contributed by atoms with Crippen molar-refractivity contribution in [2.75, 3.05) is 39.3 Å². The third kappa shape index (κ3) is 7.00. The molecule has 0 bridgehead atoms. The van der Waals surface area contributed by atoms with E-state index in [-0.39, 0.29) is 17.9 Å². The Bertz CT molecular complexity index is 1620. The average molecular weight is 619 g/mol. The van der Waals surface area contributed by atoms with E-state index in [1.807, 2.05) is 30.3 Å². The number of rotatable bonds is 7. The van der Waals surface area contributed by atoms with Crippen molar-refractivity contribution in [3.63, 3.8) is 0 Å². The Morgan fingerprint density at radius 3 is 2.38 bits per heavy atom. The van der Waals surface area contributed by atoms with E-state index in [0.29, 0.717) is 81.0 Å². The highest BCUT2D eigenvalue weighted by Crippen LogP contribution is 2.38. The highest BCUT2D eigenvalue weighted by atomic mass is 19.4. The maximum absolute atomic E-state index is 12.7. The summed E-state index contributed by atoms with van der Waals surface area (Å²) in [4.78, 5) is 28.7. The number of hydrogen-bond donors (Lipinski definition) is 1. The maximum atomic E-state index is 12.7. The number of likely N-dealkylation sites (tertiary alicyclic amines) is 2. The first-order chi connectivity index (χ1) is 21.7. The lowest BCUT2D eigenvalue weighted by molar-refractivity contribution is -0.148. The smallest absolute Gasteiger partial charge is 0.401 e. The van der Waals surface area contributed by atoms with E-state index in [1.165, 1.54) is 11.2 Å². The lowest BCUT2D eigenvalue weighted by atomic mass is 9.88. The number of ether oxygens (including phenoxy) is 1. The lowest BCUT2D eigenvalue weighted by Gasteiger charge is -2.32. The lowest BCUT2D eigenvalue weighted by Crippen LogP contribution is -2.42. The van der Waals surface area contributed by atoms with Crippen molar-refractivity contribution in [2.45, 2.75) is 50.3 Å². The largest absolute Gasteiger partial charge is 0.489 e. The molecule has 2 saturated heterocycles. The summed E-state index contributed by atoms with van der Waals surface area (Å²) in [6.45, 7) is 0.492. The van der Waals surface area contributed by atoms with Crippen molar-refractivity contribution in [1.82, 2.24) is 19.8 Å². The Labute approximate surface area is 259 Å². The minimum absolute atomic E-state index is 0.144. The van der Waals surface area contributed by atoms with E-state index in [4.69, 9.17) is 14.8 Å². The molecule has 3 aliphatic heterocycles. The quantitative estimate of drug-likeness (QED) is 0.405. The Kier molecular flexibility index (Phi) is 8.83. The van der Waals surface area contributed by atoms with Gasteiger partial charge in [0.05, 0.1) is 29.2 Å². The van der Waals surface area contributed by atoms with Crippen LogP contribution in [0.2, 0.25) is 0 Å². The number of nitrogens with zero attached hydrogens (tertiary/aromatic N) is 6. The third-order valence-electron chi connectivity index (χ3n) is 8.78. The van der Waals surface area contributed by atoms with Crippen LogP contribution in [-0.2, 0) is 11.2 Å². The first-order valence-electron chi connectivity index (χ1n) is 15.1. The molecule has 0 atom stereocenters. The molecule has 1 amide bonds. The highest BCUT2D eigenvalue weighted by Gasteiger charge is 2.33. The number of aliphatic imine (C=N–C) groups is 1. The molecular weight excluding hydrogens is 585 g/mol.